The molecule has 1 unspecified atom stereocenters. The number of methoxy groups -OCH3 is 1. The van der Waals surface area contributed by atoms with E-state index in [0.29, 0.717) is 10.6 Å². The molecule has 2 rings (SSSR count). The van der Waals surface area contributed by atoms with E-state index < -0.39 is 0 Å². The number of H-pyrrole nitrogens is 1. The number of aromatic amines is 1. The molecule has 0 aliphatic heterocycles. The number of aromatic nitrogens is 2. The SMILES string of the molecule is CCCC(OC)c1nc(=S)cc(C2CCCC2)[nH]1. The molecule has 1 atom stereocenters. The highest BCUT2D eigenvalue weighted by atomic mass is 32.1. The minimum Gasteiger partial charge on any atom is -0.374 e. The highest BCUT2D eigenvalue weighted by Gasteiger charge is 2.20. The summed E-state index contributed by atoms with van der Waals surface area (Å²) < 4.78 is 6.19. The fourth-order valence-electron chi connectivity index (χ4n) is 2.73. The molecule has 1 aromatic rings. The molecule has 1 aliphatic carbocycles. The van der Waals surface area contributed by atoms with E-state index in [0.717, 1.165) is 18.7 Å². The molecule has 1 heterocycles. The lowest BCUT2D eigenvalue weighted by atomic mass is 10.0. The topological polar surface area (TPSA) is 37.9 Å². The van der Waals surface area contributed by atoms with Crippen molar-refractivity contribution in [2.24, 2.45) is 0 Å². The lowest BCUT2D eigenvalue weighted by molar-refractivity contribution is 0.0872. The van der Waals surface area contributed by atoms with Gasteiger partial charge >= 0.3 is 0 Å². The van der Waals surface area contributed by atoms with Crippen LogP contribution >= 0.6 is 12.2 Å². The van der Waals surface area contributed by atoms with Crippen LogP contribution in [-0.2, 0) is 4.74 Å². The van der Waals surface area contributed by atoms with Crippen molar-refractivity contribution in [3.8, 4) is 0 Å². The summed E-state index contributed by atoms with van der Waals surface area (Å²) in [6.07, 6.45) is 7.27. The van der Waals surface area contributed by atoms with E-state index in [1.54, 1.807) is 7.11 Å². The minimum atomic E-state index is 0.0399. The molecule has 1 N–H and O–H groups in total. The Bertz CT molecular complexity index is 438. The molecule has 3 nitrogen and oxygen atoms in total. The average Bonchev–Trinajstić information content (AvgIpc) is 2.89. The van der Waals surface area contributed by atoms with Crippen molar-refractivity contribution in [3.05, 3.63) is 22.2 Å². The fraction of sp³-hybridized carbons (Fsp3) is 0.714. The highest BCUT2D eigenvalue weighted by Crippen LogP contribution is 2.33. The van der Waals surface area contributed by atoms with Gasteiger partial charge in [-0.15, -0.1) is 0 Å². The van der Waals surface area contributed by atoms with Crippen molar-refractivity contribution in [3.63, 3.8) is 0 Å². The van der Waals surface area contributed by atoms with Crippen LogP contribution < -0.4 is 0 Å². The Hall–Kier alpha value is -0.740. The summed E-state index contributed by atoms with van der Waals surface area (Å²) in [6.45, 7) is 2.15. The Balaban J connectivity index is 2.27. The molecule has 0 saturated heterocycles. The van der Waals surface area contributed by atoms with E-state index in [2.05, 4.69) is 16.9 Å². The number of rotatable bonds is 5. The predicted molar refractivity (Wildman–Crippen MR) is 75.3 cm³/mol. The molecule has 100 valence electrons. The normalized spacial score (nSPS) is 18.1. The molecule has 0 aromatic carbocycles. The van der Waals surface area contributed by atoms with Gasteiger partial charge in [0.2, 0.25) is 0 Å². The van der Waals surface area contributed by atoms with Gasteiger partial charge in [0.15, 0.2) is 0 Å². The van der Waals surface area contributed by atoms with Crippen LogP contribution in [0, 0.1) is 4.64 Å². The quantitative estimate of drug-likeness (QED) is 0.808. The zero-order valence-corrected chi connectivity index (χ0v) is 12.1. The van der Waals surface area contributed by atoms with Crippen molar-refractivity contribution < 1.29 is 4.74 Å². The van der Waals surface area contributed by atoms with Crippen LogP contribution in [0.2, 0.25) is 0 Å². The van der Waals surface area contributed by atoms with Crippen molar-refractivity contribution in [2.75, 3.05) is 7.11 Å². The van der Waals surface area contributed by atoms with Crippen molar-refractivity contribution in [1.29, 1.82) is 0 Å². The first-order valence-corrected chi connectivity index (χ1v) is 7.29. The van der Waals surface area contributed by atoms with Gasteiger partial charge in [0.05, 0.1) is 0 Å². The van der Waals surface area contributed by atoms with E-state index >= 15 is 0 Å². The van der Waals surface area contributed by atoms with Gasteiger partial charge in [-0.05, 0) is 31.2 Å². The molecule has 1 aliphatic rings. The average molecular weight is 266 g/mol. The van der Waals surface area contributed by atoms with E-state index in [4.69, 9.17) is 17.0 Å². The van der Waals surface area contributed by atoms with Crippen LogP contribution in [0.5, 0.6) is 0 Å². The van der Waals surface area contributed by atoms with Gasteiger partial charge in [0.25, 0.3) is 0 Å². The predicted octanol–water partition coefficient (Wildman–Crippen LogP) is 4.28. The Morgan fingerprint density at radius 1 is 1.50 bits per heavy atom. The van der Waals surface area contributed by atoms with E-state index in [1.807, 2.05) is 6.07 Å². The summed E-state index contributed by atoms with van der Waals surface area (Å²) in [7, 11) is 1.74. The molecular formula is C14H22N2OS. The summed E-state index contributed by atoms with van der Waals surface area (Å²) in [6, 6.07) is 2.02. The standard InChI is InChI=1S/C14H22N2OS/c1-3-6-12(17-2)14-15-11(9-13(18)16-14)10-7-4-5-8-10/h9-10,12H,3-8H2,1-2H3,(H,15,16,18). The highest BCUT2D eigenvalue weighted by molar-refractivity contribution is 7.71. The molecule has 0 bridgehead atoms. The summed E-state index contributed by atoms with van der Waals surface area (Å²) in [5.74, 6) is 1.53. The van der Waals surface area contributed by atoms with E-state index in [1.165, 1.54) is 31.4 Å². The second-order valence-corrected chi connectivity index (χ2v) is 5.47. The third-order valence-electron chi connectivity index (χ3n) is 3.72. The zero-order valence-electron chi connectivity index (χ0n) is 11.2. The second-order valence-electron chi connectivity index (χ2n) is 5.05. The van der Waals surface area contributed by atoms with Crippen molar-refractivity contribution in [1.82, 2.24) is 9.97 Å². The number of nitrogens with one attached hydrogen (secondary N) is 1. The molecule has 4 heteroatoms. The van der Waals surface area contributed by atoms with Crippen molar-refractivity contribution in [2.45, 2.75) is 57.5 Å². The molecule has 0 amide bonds. The molecule has 0 radical (unpaired) electrons. The Kier molecular flexibility index (Phi) is 4.89. The van der Waals surface area contributed by atoms with Gasteiger partial charge in [-0.1, -0.05) is 38.4 Å². The molecule has 0 spiro atoms. The monoisotopic (exact) mass is 266 g/mol. The van der Waals surface area contributed by atoms with Crippen LogP contribution in [-0.4, -0.2) is 17.1 Å². The van der Waals surface area contributed by atoms with Gasteiger partial charge in [0.1, 0.15) is 16.6 Å². The van der Waals surface area contributed by atoms with Gasteiger partial charge in [-0.2, -0.15) is 0 Å². The van der Waals surface area contributed by atoms with E-state index in [-0.39, 0.29) is 6.10 Å². The largest absolute Gasteiger partial charge is 0.374 e. The third kappa shape index (κ3) is 3.18. The Morgan fingerprint density at radius 2 is 2.22 bits per heavy atom. The maximum Gasteiger partial charge on any atom is 0.137 e. The maximum atomic E-state index is 5.51. The zero-order chi connectivity index (χ0) is 13.0. The number of nitrogens with zero attached hydrogens (tertiary/aromatic N) is 1. The first-order chi connectivity index (χ1) is 8.74. The van der Waals surface area contributed by atoms with Gasteiger partial charge in [-0.3, -0.25) is 0 Å². The number of hydrogen-bond donors (Lipinski definition) is 1. The summed E-state index contributed by atoms with van der Waals surface area (Å²) in [5.41, 5.74) is 1.25. The first-order valence-electron chi connectivity index (χ1n) is 6.88. The molecule has 18 heavy (non-hydrogen) atoms. The van der Waals surface area contributed by atoms with Crippen molar-refractivity contribution >= 4 is 12.2 Å². The first kappa shape index (κ1) is 13.7. The summed E-state index contributed by atoms with van der Waals surface area (Å²) in [4.78, 5) is 7.89. The van der Waals surface area contributed by atoms with E-state index in [9.17, 15) is 0 Å². The number of hydrogen-bond acceptors (Lipinski definition) is 3. The summed E-state index contributed by atoms with van der Waals surface area (Å²) in [5, 5.41) is 0. The minimum absolute atomic E-state index is 0.0399. The maximum absolute atomic E-state index is 5.51. The molecular weight excluding hydrogens is 244 g/mol. The molecule has 1 fully saturated rings. The summed E-state index contributed by atoms with van der Waals surface area (Å²) >= 11 is 5.29. The van der Waals surface area contributed by atoms with Crippen LogP contribution in [0.3, 0.4) is 0 Å². The Morgan fingerprint density at radius 3 is 2.83 bits per heavy atom. The lowest BCUT2D eigenvalue weighted by Gasteiger charge is -2.17. The van der Waals surface area contributed by atoms with Crippen LogP contribution in [0.1, 0.15) is 69.0 Å². The van der Waals surface area contributed by atoms with Crippen LogP contribution in [0.15, 0.2) is 6.07 Å². The lowest BCUT2D eigenvalue weighted by Crippen LogP contribution is -2.10. The van der Waals surface area contributed by atoms with Crippen LogP contribution in [0.4, 0.5) is 0 Å². The second kappa shape index (κ2) is 6.43. The van der Waals surface area contributed by atoms with Gasteiger partial charge in [-0.25, -0.2) is 4.98 Å². The molecule has 1 aromatic heterocycles. The van der Waals surface area contributed by atoms with Gasteiger partial charge < -0.3 is 9.72 Å². The third-order valence-corrected chi connectivity index (χ3v) is 3.93. The smallest absolute Gasteiger partial charge is 0.137 e. The Labute approximate surface area is 114 Å². The van der Waals surface area contributed by atoms with Crippen LogP contribution in [0.25, 0.3) is 0 Å². The molecule has 1 saturated carbocycles. The number of ether oxygens (including phenoxy) is 1. The fourth-order valence-corrected chi connectivity index (χ4v) is 2.96. The van der Waals surface area contributed by atoms with Gasteiger partial charge in [0, 0.05) is 12.8 Å².